The van der Waals surface area contributed by atoms with Gasteiger partial charge in [0.05, 0.1) is 6.21 Å². The fourth-order valence-corrected chi connectivity index (χ4v) is 1.30. The molecule has 15 heavy (non-hydrogen) atoms. The molecule has 4 heteroatoms. The van der Waals surface area contributed by atoms with Crippen molar-refractivity contribution in [3.8, 4) is 5.75 Å². The third-order valence-corrected chi connectivity index (χ3v) is 2.09. The van der Waals surface area contributed by atoms with Crippen LogP contribution in [0.15, 0.2) is 27.8 Å². The number of rotatable bonds is 2. The van der Waals surface area contributed by atoms with Crippen LogP contribution < -0.4 is 5.43 Å². The van der Waals surface area contributed by atoms with Gasteiger partial charge < -0.3 is 10.5 Å². The summed E-state index contributed by atoms with van der Waals surface area (Å²) in [7, 11) is 0. The average molecular weight is 271 g/mol. The number of halogens is 1. The first-order chi connectivity index (χ1) is 6.88. The normalized spacial score (nSPS) is 12.0. The van der Waals surface area contributed by atoms with Crippen LogP contribution in [-0.2, 0) is 0 Å². The molecule has 0 fully saturated rings. The van der Waals surface area contributed by atoms with Crippen molar-refractivity contribution in [3.05, 3.63) is 28.2 Å². The zero-order valence-corrected chi connectivity index (χ0v) is 10.7. The summed E-state index contributed by atoms with van der Waals surface area (Å²) in [5.74, 6) is 0.220. The van der Waals surface area contributed by atoms with E-state index in [1.165, 1.54) is 0 Å². The first-order valence-corrected chi connectivity index (χ1v) is 5.46. The molecule has 0 unspecified atom stereocenters. The van der Waals surface area contributed by atoms with E-state index in [2.05, 4.69) is 26.5 Å². The lowest BCUT2D eigenvalue weighted by Gasteiger charge is -2.17. The highest BCUT2D eigenvalue weighted by Crippen LogP contribution is 2.19. The van der Waals surface area contributed by atoms with Crippen LogP contribution in [0.25, 0.3) is 0 Å². The fourth-order valence-electron chi connectivity index (χ4n) is 0.924. The molecule has 0 atom stereocenters. The van der Waals surface area contributed by atoms with Crippen LogP contribution in [0.2, 0.25) is 0 Å². The Balaban J connectivity index is 2.76. The van der Waals surface area contributed by atoms with Crippen molar-refractivity contribution >= 4 is 22.1 Å². The van der Waals surface area contributed by atoms with Gasteiger partial charge >= 0.3 is 0 Å². The van der Waals surface area contributed by atoms with Gasteiger partial charge in [-0.05, 0) is 39.0 Å². The monoisotopic (exact) mass is 270 g/mol. The Hall–Kier alpha value is -1.03. The summed E-state index contributed by atoms with van der Waals surface area (Å²) in [6.07, 6.45) is 1.60. The molecule has 0 heterocycles. The maximum absolute atomic E-state index is 9.52. The molecule has 1 aromatic rings. The second kappa shape index (κ2) is 4.66. The van der Waals surface area contributed by atoms with E-state index in [0.717, 1.165) is 4.47 Å². The predicted molar refractivity (Wildman–Crippen MR) is 66.3 cm³/mol. The van der Waals surface area contributed by atoms with Gasteiger partial charge in [-0.3, -0.25) is 0 Å². The van der Waals surface area contributed by atoms with Gasteiger partial charge in [0.15, 0.2) is 0 Å². The molecule has 1 rings (SSSR count). The third kappa shape index (κ3) is 4.34. The van der Waals surface area contributed by atoms with Crippen molar-refractivity contribution in [2.75, 3.05) is 0 Å². The van der Waals surface area contributed by atoms with E-state index in [4.69, 9.17) is 0 Å². The van der Waals surface area contributed by atoms with Crippen molar-refractivity contribution in [1.29, 1.82) is 0 Å². The molecule has 0 saturated carbocycles. The molecule has 0 radical (unpaired) electrons. The van der Waals surface area contributed by atoms with Crippen LogP contribution in [0.4, 0.5) is 0 Å². The van der Waals surface area contributed by atoms with Gasteiger partial charge in [0.25, 0.3) is 0 Å². The van der Waals surface area contributed by atoms with Crippen LogP contribution in [0, 0.1) is 0 Å². The summed E-state index contributed by atoms with van der Waals surface area (Å²) >= 11 is 3.33. The molecule has 0 bridgehead atoms. The number of phenols is 1. The second-order valence-electron chi connectivity index (χ2n) is 4.32. The van der Waals surface area contributed by atoms with E-state index in [9.17, 15) is 5.11 Å². The van der Waals surface area contributed by atoms with Gasteiger partial charge in [-0.2, -0.15) is 5.10 Å². The summed E-state index contributed by atoms with van der Waals surface area (Å²) in [6.45, 7) is 6.06. The van der Waals surface area contributed by atoms with Gasteiger partial charge in [0.1, 0.15) is 5.75 Å². The van der Waals surface area contributed by atoms with E-state index in [1.54, 1.807) is 18.3 Å². The van der Waals surface area contributed by atoms with Crippen molar-refractivity contribution in [1.82, 2.24) is 5.43 Å². The standard InChI is InChI=1S/C11H15BrN2O/c1-11(2,3)14-13-7-8-6-9(12)4-5-10(8)15/h4-7,14-15H,1-3H3. The number of aromatic hydroxyl groups is 1. The number of phenolic OH excluding ortho intramolecular Hbond substituents is 1. The smallest absolute Gasteiger partial charge is 0.124 e. The maximum Gasteiger partial charge on any atom is 0.124 e. The lowest BCUT2D eigenvalue weighted by molar-refractivity contribution is 0.441. The molecule has 1 aromatic carbocycles. The number of hydrazone groups is 1. The minimum absolute atomic E-state index is 0.0713. The van der Waals surface area contributed by atoms with Crippen molar-refractivity contribution in [2.45, 2.75) is 26.3 Å². The largest absolute Gasteiger partial charge is 0.507 e. The first-order valence-electron chi connectivity index (χ1n) is 4.67. The zero-order chi connectivity index (χ0) is 11.5. The molecular weight excluding hydrogens is 256 g/mol. The zero-order valence-electron chi connectivity index (χ0n) is 9.08. The number of nitrogens with one attached hydrogen (secondary N) is 1. The molecule has 0 saturated heterocycles. The molecule has 0 amide bonds. The molecule has 0 aliphatic heterocycles. The van der Waals surface area contributed by atoms with Crippen LogP contribution in [0.1, 0.15) is 26.3 Å². The second-order valence-corrected chi connectivity index (χ2v) is 5.24. The first kappa shape index (κ1) is 12.0. The van der Waals surface area contributed by atoms with Gasteiger partial charge in [0.2, 0.25) is 0 Å². The van der Waals surface area contributed by atoms with Gasteiger partial charge in [-0.15, -0.1) is 0 Å². The quantitative estimate of drug-likeness (QED) is 0.641. The van der Waals surface area contributed by atoms with Crippen LogP contribution in [0.3, 0.4) is 0 Å². The third-order valence-electron chi connectivity index (χ3n) is 1.59. The summed E-state index contributed by atoms with van der Waals surface area (Å²) in [6, 6.07) is 5.22. The number of benzene rings is 1. The Morgan fingerprint density at radius 3 is 2.67 bits per heavy atom. The highest BCUT2D eigenvalue weighted by atomic mass is 79.9. The number of hydrogen-bond donors (Lipinski definition) is 2. The van der Waals surface area contributed by atoms with Gasteiger partial charge in [-0.1, -0.05) is 15.9 Å². The van der Waals surface area contributed by atoms with Crippen LogP contribution in [0.5, 0.6) is 5.75 Å². The minimum Gasteiger partial charge on any atom is -0.507 e. The lowest BCUT2D eigenvalue weighted by Crippen LogP contribution is -2.31. The highest BCUT2D eigenvalue weighted by Gasteiger charge is 2.06. The SMILES string of the molecule is CC(C)(C)NN=Cc1cc(Br)ccc1O. The van der Waals surface area contributed by atoms with E-state index in [0.29, 0.717) is 5.56 Å². The summed E-state index contributed by atoms with van der Waals surface area (Å²) in [4.78, 5) is 0. The minimum atomic E-state index is -0.0713. The van der Waals surface area contributed by atoms with Crippen LogP contribution >= 0.6 is 15.9 Å². The van der Waals surface area contributed by atoms with Crippen molar-refractivity contribution in [2.24, 2.45) is 5.10 Å². The average Bonchev–Trinajstić information content (AvgIpc) is 2.09. The van der Waals surface area contributed by atoms with Crippen molar-refractivity contribution in [3.63, 3.8) is 0 Å². The molecule has 2 N–H and O–H groups in total. The molecular formula is C11H15BrN2O. The molecule has 3 nitrogen and oxygen atoms in total. The lowest BCUT2D eigenvalue weighted by atomic mass is 10.1. The van der Waals surface area contributed by atoms with E-state index in [-0.39, 0.29) is 11.3 Å². The predicted octanol–water partition coefficient (Wildman–Crippen LogP) is 2.88. The Morgan fingerprint density at radius 2 is 2.07 bits per heavy atom. The van der Waals surface area contributed by atoms with Crippen molar-refractivity contribution < 1.29 is 5.11 Å². The Kier molecular flexibility index (Phi) is 3.74. The van der Waals surface area contributed by atoms with Gasteiger partial charge in [0, 0.05) is 15.6 Å². The van der Waals surface area contributed by atoms with E-state index < -0.39 is 0 Å². The molecule has 0 aliphatic rings. The molecule has 0 spiro atoms. The van der Waals surface area contributed by atoms with E-state index in [1.807, 2.05) is 26.8 Å². The summed E-state index contributed by atoms with van der Waals surface area (Å²) in [5, 5.41) is 13.6. The highest BCUT2D eigenvalue weighted by molar-refractivity contribution is 9.10. The van der Waals surface area contributed by atoms with Gasteiger partial charge in [-0.25, -0.2) is 0 Å². The number of nitrogens with zero attached hydrogens (tertiary/aromatic N) is 1. The summed E-state index contributed by atoms with van der Waals surface area (Å²) < 4.78 is 0.914. The molecule has 0 aliphatic carbocycles. The Labute approximate surface area is 98.3 Å². The topological polar surface area (TPSA) is 44.6 Å². The maximum atomic E-state index is 9.52. The molecule has 82 valence electrons. The van der Waals surface area contributed by atoms with Crippen LogP contribution in [-0.4, -0.2) is 16.9 Å². The number of hydrogen-bond acceptors (Lipinski definition) is 3. The summed E-state index contributed by atoms with van der Waals surface area (Å²) in [5.41, 5.74) is 3.57. The van der Waals surface area contributed by atoms with E-state index >= 15 is 0 Å². The Morgan fingerprint density at radius 1 is 1.40 bits per heavy atom. The fraction of sp³-hybridized carbons (Fsp3) is 0.364. The Bertz CT molecular complexity index is 369. The molecule has 0 aromatic heterocycles.